The van der Waals surface area contributed by atoms with Crippen LogP contribution in [0.4, 0.5) is 5.69 Å². The highest BCUT2D eigenvalue weighted by Gasteiger charge is 2.16. The predicted molar refractivity (Wildman–Crippen MR) is 106 cm³/mol. The number of ether oxygens (including phenoxy) is 2. The first-order chi connectivity index (χ1) is 13.8. The summed E-state index contributed by atoms with van der Waals surface area (Å²) in [5, 5.41) is 0.780. The van der Waals surface area contributed by atoms with Gasteiger partial charge in [0, 0.05) is 11.6 Å². The van der Waals surface area contributed by atoms with Crippen LogP contribution < -0.4 is 15.1 Å². The molecule has 0 fully saturated rings. The molecule has 6 nitrogen and oxygen atoms in total. The van der Waals surface area contributed by atoms with E-state index in [4.69, 9.17) is 13.9 Å². The van der Waals surface area contributed by atoms with E-state index in [9.17, 15) is 4.79 Å². The second-order valence-corrected chi connectivity index (χ2v) is 6.25. The van der Waals surface area contributed by atoms with E-state index in [1.54, 1.807) is 42.7 Å². The van der Waals surface area contributed by atoms with Crippen molar-refractivity contribution in [1.82, 2.24) is 4.98 Å². The van der Waals surface area contributed by atoms with Gasteiger partial charge in [-0.15, -0.1) is 0 Å². The molecule has 3 heterocycles. The Morgan fingerprint density at radius 3 is 2.79 bits per heavy atom. The minimum absolute atomic E-state index is 0.183. The molecule has 2 aromatic carbocycles. The van der Waals surface area contributed by atoms with Gasteiger partial charge in [-0.25, -0.2) is 4.79 Å². The van der Waals surface area contributed by atoms with Crippen molar-refractivity contribution in [1.29, 1.82) is 0 Å². The fourth-order valence-electron chi connectivity index (χ4n) is 3.05. The highest BCUT2D eigenvalue weighted by Crippen LogP contribution is 2.35. The van der Waals surface area contributed by atoms with Crippen LogP contribution in [0.25, 0.3) is 22.1 Å². The Morgan fingerprint density at radius 2 is 1.89 bits per heavy atom. The Kier molecular flexibility index (Phi) is 3.87. The maximum atomic E-state index is 12.5. The van der Waals surface area contributed by atoms with Gasteiger partial charge in [0.15, 0.2) is 11.5 Å². The summed E-state index contributed by atoms with van der Waals surface area (Å²) in [5.41, 5.74) is 2.77. The molecule has 0 unspecified atom stereocenters. The molecule has 0 aliphatic carbocycles. The van der Waals surface area contributed by atoms with Crippen LogP contribution in [0.15, 0.2) is 81.1 Å². The monoisotopic (exact) mass is 370 g/mol. The van der Waals surface area contributed by atoms with E-state index in [1.165, 1.54) is 0 Å². The molecule has 0 radical (unpaired) electrons. The van der Waals surface area contributed by atoms with Crippen molar-refractivity contribution < 1.29 is 13.9 Å². The van der Waals surface area contributed by atoms with E-state index in [0.717, 1.165) is 16.8 Å². The Labute approximate surface area is 159 Å². The minimum atomic E-state index is -0.406. The number of benzene rings is 2. The highest BCUT2D eigenvalue weighted by atomic mass is 16.7. The van der Waals surface area contributed by atoms with Crippen LogP contribution in [0.3, 0.4) is 0 Å². The molecular weight excluding hydrogens is 356 g/mol. The van der Waals surface area contributed by atoms with E-state index in [0.29, 0.717) is 28.2 Å². The molecule has 136 valence electrons. The van der Waals surface area contributed by atoms with Gasteiger partial charge in [-0.05, 0) is 54.1 Å². The van der Waals surface area contributed by atoms with Crippen LogP contribution in [-0.4, -0.2) is 18.0 Å². The van der Waals surface area contributed by atoms with Crippen LogP contribution in [0.5, 0.6) is 11.5 Å². The van der Waals surface area contributed by atoms with E-state index >= 15 is 0 Å². The second kappa shape index (κ2) is 6.66. The molecule has 0 saturated heterocycles. The number of aromatic nitrogens is 1. The van der Waals surface area contributed by atoms with Crippen molar-refractivity contribution in [2.45, 2.75) is 0 Å². The summed E-state index contributed by atoms with van der Waals surface area (Å²) in [6.07, 6.45) is 3.41. The normalized spacial score (nSPS) is 12.7. The largest absolute Gasteiger partial charge is 0.454 e. The molecule has 5 rings (SSSR count). The zero-order valence-electron chi connectivity index (χ0n) is 14.7. The molecule has 6 heteroatoms. The third-order valence-electron chi connectivity index (χ3n) is 4.43. The Balaban J connectivity index is 1.55. The van der Waals surface area contributed by atoms with Gasteiger partial charge in [0.05, 0.1) is 23.2 Å². The summed E-state index contributed by atoms with van der Waals surface area (Å²) in [6, 6.07) is 18.2. The van der Waals surface area contributed by atoms with Crippen LogP contribution in [0.2, 0.25) is 0 Å². The average molecular weight is 370 g/mol. The van der Waals surface area contributed by atoms with Crippen molar-refractivity contribution in [3.63, 3.8) is 0 Å². The number of rotatable bonds is 3. The van der Waals surface area contributed by atoms with Crippen molar-refractivity contribution in [3.8, 4) is 22.6 Å². The van der Waals surface area contributed by atoms with Crippen molar-refractivity contribution in [2.75, 3.05) is 6.79 Å². The van der Waals surface area contributed by atoms with Gasteiger partial charge < -0.3 is 13.9 Å². The first-order valence-electron chi connectivity index (χ1n) is 8.69. The van der Waals surface area contributed by atoms with Gasteiger partial charge >= 0.3 is 5.63 Å². The number of hydrogen-bond donors (Lipinski definition) is 0. The lowest BCUT2D eigenvalue weighted by Gasteiger charge is -2.04. The predicted octanol–water partition coefficient (Wildman–Crippen LogP) is 4.33. The molecule has 4 aromatic rings. The highest BCUT2D eigenvalue weighted by molar-refractivity contribution is 5.86. The molecule has 0 saturated carbocycles. The number of pyridine rings is 1. The third-order valence-corrected chi connectivity index (χ3v) is 4.43. The molecule has 0 atom stereocenters. The van der Waals surface area contributed by atoms with Crippen molar-refractivity contribution in [3.05, 3.63) is 83.0 Å². The third kappa shape index (κ3) is 3.01. The van der Waals surface area contributed by atoms with Gasteiger partial charge in [0.2, 0.25) is 6.79 Å². The smallest absolute Gasteiger partial charge is 0.344 e. The van der Waals surface area contributed by atoms with Crippen LogP contribution >= 0.6 is 0 Å². The molecule has 28 heavy (non-hydrogen) atoms. The second-order valence-electron chi connectivity index (χ2n) is 6.25. The summed E-state index contributed by atoms with van der Waals surface area (Å²) in [7, 11) is 0. The molecule has 1 aliphatic heterocycles. The van der Waals surface area contributed by atoms with Gasteiger partial charge in [-0.3, -0.25) is 9.98 Å². The standard InChI is InChI=1S/C22H14N2O4/c25-22-18(14-4-6-20-21(11-14)27-13-26-20)10-15-9-16(5-7-19(15)28-22)24-12-17-3-1-2-8-23-17/h1-12H,13H2. The zero-order chi connectivity index (χ0) is 18.9. The lowest BCUT2D eigenvalue weighted by Crippen LogP contribution is -2.02. The molecular formula is C22H14N2O4. The van der Waals surface area contributed by atoms with Crippen LogP contribution in [0, 0.1) is 0 Å². The molecule has 2 aromatic heterocycles. The summed E-state index contributed by atoms with van der Waals surface area (Å²) in [5.74, 6) is 1.28. The maximum Gasteiger partial charge on any atom is 0.344 e. The van der Waals surface area contributed by atoms with E-state index in [2.05, 4.69) is 9.98 Å². The Hall–Kier alpha value is -3.93. The van der Waals surface area contributed by atoms with Gasteiger partial charge in [-0.1, -0.05) is 12.1 Å². The van der Waals surface area contributed by atoms with Crippen LogP contribution in [0.1, 0.15) is 5.69 Å². The number of hydrogen-bond acceptors (Lipinski definition) is 6. The van der Waals surface area contributed by atoms with Gasteiger partial charge in [0.25, 0.3) is 0 Å². The molecule has 0 amide bonds. The summed E-state index contributed by atoms with van der Waals surface area (Å²) in [4.78, 5) is 21.1. The Morgan fingerprint density at radius 1 is 0.964 bits per heavy atom. The lowest BCUT2D eigenvalue weighted by molar-refractivity contribution is 0.174. The summed E-state index contributed by atoms with van der Waals surface area (Å²) < 4.78 is 16.2. The molecule has 0 bridgehead atoms. The van der Waals surface area contributed by atoms with E-state index in [-0.39, 0.29) is 6.79 Å². The maximum absolute atomic E-state index is 12.5. The van der Waals surface area contributed by atoms with E-state index < -0.39 is 5.63 Å². The fraction of sp³-hybridized carbons (Fsp3) is 0.0455. The zero-order valence-corrected chi connectivity index (χ0v) is 14.7. The quantitative estimate of drug-likeness (QED) is 0.396. The first kappa shape index (κ1) is 16.3. The topological polar surface area (TPSA) is 73.9 Å². The summed E-state index contributed by atoms with van der Waals surface area (Å²) in [6.45, 7) is 0.183. The lowest BCUT2D eigenvalue weighted by atomic mass is 10.1. The van der Waals surface area contributed by atoms with Crippen LogP contribution in [-0.2, 0) is 0 Å². The van der Waals surface area contributed by atoms with Gasteiger partial charge in [-0.2, -0.15) is 0 Å². The molecule has 0 spiro atoms. The SMILES string of the molecule is O=c1oc2ccc(N=Cc3ccccn3)cc2cc1-c1ccc2c(c1)OCO2. The summed E-state index contributed by atoms with van der Waals surface area (Å²) >= 11 is 0. The van der Waals surface area contributed by atoms with Crippen molar-refractivity contribution >= 4 is 22.9 Å². The molecule has 0 N–H and O–H groups in total. The first-order valence-corrected chi connectivity index (χ1v) is 8.69. The Bertz CT molecular complexity index is 1260. The minimum Gasteiger partial charge on any atom is -0.454 e. The number of nitrogens with zero attached hydrogens (tertiary/aromatic N) is 2. The number of fused-ring (bicyclic) bond motifs is 2. The van der Waals surface area contributed by atoms with Gasteiger partial charge in [0.1, 0.15) is 5.58 Å². The fourth-order valence-corrected chi connectivity index (χ4v) is 3.05. The molecule has 1 aliphatic rings. The van der Waals surface area contributed by atoms with Crippen molar-refractivity contribution in [2.24, 2.45) is 4.99 Å². The van der Waals surface area contributed by atoms with E-state index in [1.807, 2.05) is 30.3 Å². The average Bonchev–Trinajstić information content (AvgIpc) is 3.20. The number of aliphatic imine (C=N–C) groups is 1.